The second-order valence-electron chi connectivity index (χ2n) is 5.11. The van der Waals surface area contributed by atoms with Crippen LogP contribution in [0.4, 0.5) is 0 Å². The lowest BCUT2D eigenvalue weighted by Crippen LogP contribution is -2.27. The topological polar surface area (TPSA) is 64.2 Å². The van der Waals surface area contributed by atoms with E-state index in [9.17, 15) is 4.79 Å². The molecular weight excluding hydrogens is 316 g/mol. The number of carbonyl (C=O) groups excluding carboxylic acids is 1. The molecule has 7 heteroatoms. The summed E-state index contributed by atoms with van der Waals surface area (Å²) in [4.78, 5) is 18.2. The summed E-state index contributed by atoms with van der Waals surface area (Å²) >= 11 is 5.89. The maximum absolute atomic E-state index is 12.4. The number of hydrogen-bond acceptors (Lipinski definition) is 4. The van der Waals surface area contributed by atoms with E-state index in [0.717, 1.165) is 5.69 Å². The van der Waals surface area contributed by atoms with Crippen LogP contribution in [0.15, 0.2) is 47.1 Å². The predicted octanol–water partition coefficient (Wildman–Crippen LogP) is 3.09. The van der Waals surface area contributed by atoms with Gasteiger partial charge in [0.1, 0.15) is 11.6 Å². The van der Waals surface area contributed by atoms with E-state index in [2.05, 4.69) is 10.1 Å². The molecule has 0 aliphatic heterocycles. The van der Waals surface area contributed by atoms with Crippen LogP contribution in [-0.2, 0) is 6.54 Å². The van der Waals surface area contributed by atoms with Gasteiger partial charge < -0.3 is 9.32 Å². The van der Waals surface area contributed by atoms with Gasteiger partial charge in [0.25, 0.3) is 5.91 Å². The monoisotopic (exact) mass is 330 g/mol. The minimum absolute atomic E-state index is 0.145. The number of hydrogen-bond donors (Lipinski definition) is 0. The second kappa shape index (κ2) is 6.26. The summed E-state index contributed by atoms with van der Waals surface area (Å²) in [5.74, 6) is 1.21. The summed E-state index contributed by atoms with van der Waals surface area (Å²) in [5.41, 5.74) is 0.798. The van der Waals surface area contributed by atoms with Gasteiger partial charge in [-0.05, 0) is 43.3 Å². The van der Waals surface area contributed by atoms with Crippen molar-refractivity contribution in [3.63, 3.8) is 0 Å². The van der Waals surface area contributed by atoms with Crippen LogP contribution in [0.2, 0.25) is 5.02 Å². The summed E-state index contributed by atoms with van der Waals surface area (Å²) in [6.07, 6.45) is 1.57. The molecule has 0 N–H and O–H groups in total. The van der Waals surface area contributed by atoms with Crippen LogP contribution in [0.1, 0.15) is 22.2 Å². The molecule has 0 aliphatic carbocycles. The van der Waals surface area contributed by atoms with Crippen molar-refractivity contribution < 1.29 is 9.21 Å². The highest BCUT2D eigenvalue weighted by molar-refractivity contribution is 6.30. The number of benzene rings is 1. The number of furan rings is 1. The third-order valence-corrected chi connectivity index (χ3v) is 3.60. The first-order valence-corrected chi connectivity index (χ1v) is 7.40. The van der Waals surface area contributed by atoms with E-state index in [-0.39, 0.29) is 11.7 Å². The molecule has 0 saturated heterocycles. The van der Waals surface area contributed by atoms with Gasteiger partial charge in [0.05, 0.1) is 18.5 Å². The molecular formula is C16H15ClN4O2. The summed E-state index contributed by atoms with van der Waals surface area (Å²) in [6.45, 7) is 2.16. The molecule has 2 heterocycles. The van der Waals surface area contributed by atoms with Crippen LogP contribution in [0, 0.1) is 6.92 Å². The number of carbonyl (C=O) groups is 1. The summed E-state index contributed by atoms with van der Waals surface area (Å²) in [5, 5.41) is 4.94. The zero-order chi connectivity index (χ0) is 16.4. The minimum atomic E-state index is -0.266. The molecule has 0 bridgehead atoms. The molecule has 0 unspecified atom stereocenters. The number of nitrogens with zero attached hydrogens (tertiary/aromatic N) is 4. The van der Waals surface area contributed by atoms with Crippen LogP contribution in [0.25, 0.3) is 5.69 Å². The van der Waals surface area contributed by atoms with E-state index in [1.54, 1.807) is 43.1 Å². The Morgan fingerprint density at radius 2 is 2.04 bits per heavy atom. The molecule has 0 spiro atoms. The molecule has 0 fully saturated rings. The maximum atomic E-state index is 12.4. The maximum Gasteiger partial charge on any atom is 0.293 e. The fraction of sp³-hybridized carbons (Fsp3) is 0.188. The summed E-state index contributed by atoms with van der Waals surface area (Å²) in [7, 11) is 1.68. The zero-order valence-corrected chi connectivity index (χ0v) is 13.5. The Hall–Kier alpha value is -2.60. The Kier molecular flexibility index (Phi) is 4.16. The van der Waals surface area contributed by atoms with Gasteiger partial charge in [0.15, 0.2) is 0 Å². The fourth-order valence-electron chi connectivity index (χ4n) is 2.19. The Labute approximate surface area is 138 Å². The Morgan fingerprint density at radius 3 is 2.70 bits per heavy atom. The average Bonchev–Trinajstić information content (AvgIpc) is 3.17. The normalized spacial score (nSPS) is 10.7. The first-order chi connectivity index (χ1) is 11.0. The van der Waals surface area contributed by atoms with Gasteiger partial charge in [-0.1, -0.05) is 11.6 Å². The summed E-state index contributed by atoms with van der Waals surface area (Å²) in [6, 6.07) is 10.8. The van der Waals surface area contributed by atoms with Crippen molar-refractivity contribution in [2.24, 2.45) is 0 Å². The lowest BCUT2D eigenvalue weighted by Gasteiger charge is -2.13. The number of amides is 1. The minimum Gasteiger partial charge on any atom is -0.467 e. The van der Waals surface area contributed by atoms with E-state index in [1.807, 2.05) is 18.2 Å². The molecule has 3 rings (SSSR count). The van der Waals surface area contributed by atoms with Crippen molar-refractivity contribution in [2.75, 3.05) is 7.05 Å². The quantitative estimate of drug-likeness (QED) is 0.737. The molecule has 3 aromatic rings. The lowest BCUT2D eigenvalue weighted by atomic mass is 10.3. The smallest absolute Gasteiger partial charge is 0.293 e. The van der Waals surface area contributed by atoms with Crippen molar-refractivity contribution in [1.82, 2.24) is 19.7 Å². The molecule has 0 radical (unpaired) electrons. The van der Waals surface area contributed by atoms with Crippen molar-refractivity contribution in [3.05, 3.63) is 65.1 Å². The first kappa shape index (κ1) is 15.3. The number of aromatic nitrogens is 3. The zero-order valence-electron chi connectivity index (χ0n) is 12.7. The highest BCUT2D eigenvalue weighted by Crippen LogP contribution is 2.15. The highest BCUT2D eigenvalue weighted by Gasteiger charge is 2.19. The molecule has 6 nitrogen and oxygen atoms in total. The third kappa shape index (κ3) is 3.27. The molecule has 0 aliphatic rings. The van der Waals surface area contributed by atoms with Gasteiger partial charge in [-0.25, -0.2) is 9.67 Å². The standard InChI is InChI=1S/C16H15ClN4O2/c1-11-18-15(16(22)20(2)10-14-4-3-9-23-14)19-21(11)13-7-5-12(17)6-8-13/h3-9H,10H2,1-2H3. The average molecular weight is 331 g/mol. The van der Waals surface area contributed by atoms with Crippen molar-refractivity contribution in [3.8, 4) is 5.69 Å². The highest BCUT2D eigenvalue weighted by atomic mass is 35.5. The van der Waals surface area contributed by atoms with Crippen LogP contribution < -0.4 is 0 Å². The van der Waals surface area contributed by atoms with Gasteiger partial charge in [0, 0.05) is 12.1 Å². The predicted molar refractivity (Wildman–Crippen MR) is 85.6 cm³/mol. The van der Waals surface area contributed by atoms with Crippen LogP contribution >= 0.6 is 11.6 Å². The molecule has 23 heavy (non-hydrogen) atoms. The van der Waals surface area contributed by atoms with Gasteiger partial charge in [-0.2, -0.15) is 0 Å². The number of rotatable bonds is 4. The summed E-state index contributed by atoms with van der Waals surface area (Å²) < 4.78 is 6.86. The van der Waals surface area contributed by atoms with Crippen LogP contribution in [0.3, 0.4) is 0 Å². The lowest BCUT2D eigenvalue weighted by molar-refractivity contribution is 0.0763. The molecule has 1 amide bonds. The van der Waals surface area contributed by atoms with Gasteiger partial charge in [-0.15, -0.1) is 5.10 Å². The third-order valence-electron chi connectivity index (χ3n) is 3.35. The number of aryl methyl sites for hydroxylation is 1. The Morgan fingerprint density at radius 1 is 1.30 bits per heavy atom. The van der Waals surface area contributed by atoms with E-state index in [1.165, 1.54) is 4.90 Å². The first-order valence-electron chi connectivity index (χ1n) is 7.02. The molecule has 0 saturated carbocycles. The van der Waals surface area contributed by atoms with E-state index < -0.39 is 0 Å². The van der Waals surface area contributed by atoms with E-state index >= 15 is 0 Å². The fourth-order valence-corrected chi connectivity index (χ4v) is 2.31. The van der Waals surface area contributed by atoms with E-state index in [0.29, 0.717) is 23.2 Å². The molecule has 0 atom stereocenters. The SMILES string of the molecule is Cc1nc(C(=O)N(C)Cc2ccco2)nn1-c1ccc(Cl)cc1. The van der Waals surface area contributed by atoms with Crippen molar-refractivity contribution in [2.45, 2.75) is 13.5 Å². The Balaban J connectivity index is 1.82. The van der Waals surface area contributed by atoms with Crippen molar-refractivity contribution >= 4 is 17.5 Å². The molecule has 2 aromatic heterocycles. The molecule has 118 valence electrons. The van der Waals surface area contributed by atoms with Crippen LogP contribution in [0.5, 0.6) is 0 Å². The van der Waals surface area contributed by atoms with Crippen LogP contribution in [-0.4, -0.2) is 32.6 Å². The van der Waals surface area contributed by atoms with Crippen molar-refractivity contribution in [1.29, 1.82) is 0 Å². The van der Waals surface area contributed by atoms with Gasteiger partial charge in [0.2, 0.25) is 5.82 Å². The number of halogens is 1. The second-order valence-corrected chi connectivity index (χ2v) is 5.55. The molecule has 1 aromatic carbocycles. The Bertz CT molecular complexity index is 809. The van der Waals surface area contributed by atoms with Gasteiger partial charge >= 0.3 is 0 Å². The van der Waals surface area contributed by atoms with E-state index in [4.69, 9.17) is 16.0 Å². The van der Waals surface area contributed by atoms with Gasteiger partial charge in [-0.3, -0.25) is 4.79 Å². The largest absolute Gasteiger partial charge is 0.467 e.